The van der Waals surface area contributed by atoms with Crippen LogP contribution in [0, 0.1) is 0 Å². The topological polar surface area (TPSA) is 67.4 Å². The maximum absolute atomic E-state index is 12.8. The highest BCUT2D eigenvalue weighted by Gasteiger charge is 2.19. The molecule has 2 aromatic rings. The summed E-state index contributed by atoms with van der Waals surface area (Å²) in [5.41, 5.74) is 1.48. The average molecular weight is 473 g/mol. The fraction of sp³-hybridized carbons (Fsp3) is 0.417. The summed E-state index contributed by atoms with van der Waals surface area (Å²) in [7, 11) is 0. The number of halogens is 1. The predicted octanol–water partition coefficient (Wildman–Crippen LogP) is 5.94. The Morgan fingerprint density at radius 2 is 1.83 bits per heavy atom. The quantitative estimate of drug-likeness (QED) is 0.466. The lowest BCUT2D eigenvalue weighted by atomic mass is 9.95. The first kappa shape index (κ1) is 22.3. The van der Waals surface area contributed by atoms with Gasteiger partial charge in [-0.1, -0.05) is 44.7 Å². The van der Waals surface area contributed by atoms with Crippen LogP contribution >= 0.6 is 15.9 Å². The zero-order valence-corrected chi connectivity index (χ0v) is 19.0. The van der Waals surface area contributed by atoms with E-state index in [1.807, 2.05) is 12.1 Å². The molecule has 0 atom stereocenters. The van der Waals surface area contributed by atoms with E-state index in [0.717, 1.165) is 43.0 Å². The molecule has 1 fully saturated rings. The number of amides is 2. The predicted molar refractivity (Wildman–Crippen MR) is 123 cm³/mol. The normalized spacial score (nSPS) is 14.2. The number of unbranched alkanes of at least 4 members (excludes halogenated alkanes) is 1. The van der Waals surface area contributed by atoms with Crippen molar-refractivity contribution >= 4 is 33.4 Å². The van der Waals surface area contributed by atoms with Gasteiger partial charge in [-0.15, -0.1) is 0 Å². The van der Waals surface area contributed by atoms with Gasteiger partial charge in [-0.3, -0.25) is 9.59 Å². The van der Waals surface area contributed by atoms with Crippen molar-refractivity contribution in [2.45, 2.75) is 57.9 Å². The molecule has 160 valence electrons. The molecule has 1 aliphatic carbocycles. The average Bonchev–Trinajstić information content (AvgIpc) is 2.76. The zero-order valence-electron chi connectivity index (χ0n) is 17.4. The van der Waals surface area contributed by atoms with Crippen LogP contribution in [-0.2, 0) is 0 Å². The van der Waals surface area contributed by atoms with Gasteiger partial charge in [0.15, 0.2) is 0 Å². The Balaban J connectivity index is 1.68. The number of benzene rings is 2. The molecule has 0 bridgehead atoms. The summed E-state index contributed by atoms with van der Waals surface area (Å²) < 4.78 is 6.45. The number of nitrogens with one attached hydrogen (secondary N) is 2. The van der Waals surface area contributed by atoms with Crippen LogP contribution in [0.5, 0.6) is 5.75 Å². The lowest BCUT2D eigenvalue weighted by Gasteiger charge is -2.23. The van der Waals surface area contributed by atoms with Crippen molar-refractivity contribution in [1.82, 2.24) is 5.32 Å². The van der Waals surface area contributed by atoms with Crippen LogP contribution in [-0.4, -0.2) is 24.5 Å². The van der Waals surface area contributed by atoms with Crippen LogP contribution in [0.1, 0.15) is 72.6 Å². The molecule has 0 saturated heterocycles. The molecule has 6 heteroatoms. The molecule has 3 rings (SSSR count). The molecule has 0 heterocycles. The van der Waals surface area contributed by atoms with Gasteiger partial charge in [0.1, 0.15) is 5.75 Å². The minimum Gasteiger partial charge on any atom is -0.492 e. The number of ether oxygens (including phenoxy) is 1. The summed E-state index contributed by atoms with van der Waals surface area (Å²) in [6.07, 6.45) is 7.60. The Labute approximate surface area is 186 Å². The van der Waals surface area contributed by atoms with Crippen LogP contribution in [0.15, 0.2) is 46.9 Å². The minimum atomic E-state index is -0.270. The first-order valence-electron chi connectivity index (χ1n) is 10.7. The second-order valence-electron chi connectivity index (χ2n) is 7.66. The molecular weight excluding hydrogens is 444 g/mol. The van der Waals surface area contributed by atoms with Crippen LogP contribution < -0.4 is 15.4 Å². The fourth-order valence-corrected chi connectivity index (χ4v) is 4.07. The maximum atomic E-state index is 12.8. The highest BCUT2D eigenvalue weighted by atomic mass is 79.9. The number of anilines is 1. The van der Waals surface area contributed by atoms with Crippen molar-refractivity contribution in [2.75, 3.05) is 11.9 Å². The van der Waals surface area contributed by atoms with Crippen molar-refractivity contribution in [3.8, 4) is 5.75 Å². The summed E-state index contributed by atoms with van der Waals surface area (Å²) in [5, 5.41) is 6.00. The van der Waals surface area contributed by atoms with E-state index in [4.69, 9.17) is 4.74 Å². The van der Waals surface area contributed by atoms with Gasteiger partial charge in [0.05, 0.1) is 22.3 Å². The largest absolute Gasteiger partial charge is 0.492 e. The number of para-hydroxylation sites is 1. The molecule has 1 aliphatic rings. The van der Waals surface area contributed by atoms with Crippen molar-refractivity contribution in [1.29, 1.82) is 0 Å². The molecule has 30 heavy (non-hydrogen) atoms. The Hall–Kier alpha value is -2.34. The highest BCUT2D eigenvalue weighted by molar-refractivity contribution is 9.10. The first-order valence-corrected chi connectivity index (χ1v) is 11.5. The van der Waals surface area contributed by atoms with Gasteiger partial charge < -0.3 is 15.4 Å². The van der Waals surface area contributed by atoms with Gasteiger partial charge in [-0.2, -0.15) is 0 Å². The third kappa shape index (κ3) is 6.08. The monoisotopic (exact) mass is 472 g/mol. The summed E-state index contributed by atoms with van der Waals surface area (Å²) >= 11 is 3.48. The summed E-state index contributed by atoms with van der Waals surface area (Å²) in [6, 6.07) is 12.6. The van der Waals surface area contributed by atoms with Crippen molar-refractivity contribution in [2.24, 2.45) is 0 Å². The van der Waals surface area contributed by atoms with Gasteiger partial charge in [0.2, 0.25) is 0 Å². The van der Waals surface area contributed by atoms with Gasteiger partial charge in [-0.05, 0) is 65.5 Å². The molecule has 2 aromatic carbocycles. The molecule has 0 unspecified atom stereocenters. The lowest BCUT2D eigenvalue weighted by Crippen LogP contribution is -2.36. The summed E-state index contributed by atoms with van der Waals surface area (Å²) in [4.78, 5) is 25.6. The Morgan fingerprint density at radius 3 is 2.57 bits per heavy atom. The van der Waals surface area contributed by atoms with Gasteiger partial charge in [0, 0.05) is 11.6 Å². The number of carbonyl (C=O) groups excluding carboxylic acids is 2. The lowest BCUT2D eigenvalue weighted by molar-refractivity contribution is 0.0928. The van der Waals surface area contributed by atoms with Crippen LogP contribution in [0.4, 0.5) is 5.69 Å². The van der Waals surface area contributed by atoms with E-state index in [0.29, 0.717) is 29.2 Å². The Kier molecular flexibility index (Phi) is 8.31. The molecular formula is C24H29BrN2O3. The van der Waals surface area contributed by atoms with Crippen LogP contribution in [0.25, 0.3) is 0 Å². The van der Waals surface area contributed by atoms with E-state index >= 15 is 0 Å². The summed E-state index contributed by atoms with van der Waals surface area (Å²) in [6.45, 7) is 2.75. The molecule has 2 amide bonds. The van der Waals surface area contributed by atoms with Crippen molar-refractivity contribution in [3.63, 3.8) is 0 Å². The molecule has 0 radical (unpaired) electrons. The second kappa shape index (κ2) is 11.2. The number of carbonyl (C=O) groups is 2. The van der Waals surface area contributed by atoms with E-state index in [9.17, 15) is 9.59 Å². The third-order valence-corrected chi connectivity index (χ3v) is 5.93. The molecule has 1 saturated carbocycles. The minimum absolute atomic E-state index is 0.140. The first-order chi connectivity index (χ1) is 14.6. The van der Waals surface area contributed by atoms with Crippen LogP contribution in [0.2, 0.25) is 0 Å². The molecule has 5 nitrogen and oxygen atoms in total. The van der Waals surface area contributed by atoms with E-state index in [2.05, 4.69) is 33.5 Å². The maximum Gasteiger partial charge on any atom is 0.255 e. The van der Waals surface area contributed by atoms with Gasteiger partial charge in [-0.25, -0.2) is 0 Å². The molecule has 2 N–H and O–H groups in total. The second-order valence-corrected chi connectivity index (χ2v) is 8.51. The number of hydrogen-bond acceptors (Lipinski definition) is 3. The van der Waals surface area contributed by atoms with Crippen molar-refractivity contribution < 1.29 is 14.3 Å². The van der Waals surface area contributed by atoms with Crippen molar-refractivity contribution in [3.05, 3.63) is 58.1 Å². The van der Waals surface area contributed by atoms with Crippen LogP contribution in [0.3, 0.4) is 0 Å². The zero-order chi connectivity index (χ0) is 21.3. The van der Waals surface area contributed by atoms with E-state index < -0.39 is 0 Å². The smallest absolute Gasteiger partial charge is 0.255 e. The van der Waals surface area contributed by atoms with E-state index in [-0.39, 0.29) is 17.9 Å². The highest BCUT2D eigenvalue weighted by Crippen LogP contribution is 2.27. The Bertz CT molecular complexity index is 879. The van der Waals surface area contributed by atoms with E-state index in [1.165, 1.54) is 6.42 Å². The third-order valence-electron chi connectivity index (χ3n) is 5.31. The van der Waals surface area contributed by atoms with Gasteiger partial charge >= 0.3 is 0 Å². The molecule has 0 aliphatic heterocycles. The van der Waals surface area contributed by atoms with Gasteiger partial charge in [0.25, 0.3) is 11.8 Å². The number of hydrogen-bond donors (Lipinski definition) is 2. The SMILES string of the molecule is CCCCOc1ccc(C(=O)Nc2ccccc2C(=O)NC2CCCCC2)cc1Br. The standard InChI is InChI=1S/C24H29BrN2O3/c1-2-3-15-30-22-14-13-17(16-20(22)25)23(28)27-21-12-8-7-11-19(21)24(29)26-18-9-5-4-6-10-18/h7-8,11-14,16,18H,2-6,9-10,15H2,1H3,(H,26,29)(H,27,28). The Morgan fingerprint density at radius 1 is 1.07 bits per heavy atom. The van der Waals surface area contributed by atoms with E-state index in [1.54, 1.807) is 30.3 Å². The molecule has 0 aromatic heterocycles. The fourth-order valence-electron chi connectivity index (χ4n) is 3.58. The summed E-state index contributed by atoms with van der Waals surface area (Å²) in [5.74, 6) is 0.305. The molecule has 0 spiro atoms. The number of rotatable bonds is 8.